The Balaban J connectivity index is 2.42. The Hall–Kier alpha value is -2.04. The largest absolute Gasteiger partial charge is 0.380 e. The second-order valence-corrected chi connectivity index (χ2v) is 7.04. The molecule has 23 heavy (non-hydrogen) atoms. The second kappa shape index (κ2) is 6.60. The summed E-state index contributed by atoms with van der Waals surface area (Å²) in [5.41, 5.74) is 0.546. The number of anilines is 1. The van der Waals surface area contributed by atoms with Crippen molar-refractivity contribution in [2.45, 2.75) is 11.5 Å². The number of halogens is 1. The number of carbonyl (C=O) groups excluding carboxylic acids is 1. The average Bonchev–Trinajstić information content (AvgIpc) is 2.91. The van der Waals surface area contributed by atoms with Crippen LogP contribution < -0.4 is 4.42 Å². The van der Waals surface area contributed by atoms with Crippen molar-refractivity contribution in [1.29, 1.82) is 0 Å². The van der Waals surface area contributed by atoms with Crippen molar-refractivity contribution < 1.29 is 17.9 Å². The van der Waals surface area contributed by atoms with E-state index < -0.39 is 15.7 Å². The molecule has 1 amide bonds. The van der Waals surface area contributed by atoms with Crippen LogP contribution >= 0.6 is 11.8 Å². The van der Waals surface area contributed by atoms with Crippen LogP contribution in [-0.4, -0.2) is 47.9 Å². The van der Waals surface area contributed by atoms with E-state index in [0.717, 1.165) is 10.7 Å². The Morgan fingerprint density at radius 3 is 2.65 bits per heavy atom. The molecule has 0 bridgehead atoms. The highest BCUT2D eigenvalue weighted by Crippen LogP contribution is 2.21. The highest BCUT2D eigenvalue weighted by Gasteiger charge is 2.23. The molecule has 11 heteroatoms. The van der Waals surface area contributed by atoms with Gasteiger partial charge in [0.1, 0.15) is 0 Å². The van der Waals surface area contributed by atoms with Crippen LogP contribution in [0.25, 0.3) is 0 Å². The van der Waals surface area contributed by atoms with E-state index in [0.29, 0.717) is 5.56 Å². The van der Waals surface area contributed by atoms with E-state index >= 15 is 0 Å². The lowest BCUT2D eigenvalue weighted by Crippen LogP contribution is -2.24. The van der Waals surface area contributed by atoms with Crippen molar-refractivity contribution in [1.82, 2.24) is 20.2 Å². The highest BCUT2D eigenvalue weighted by atomic mass is 35.5. The van der Waals surface area contributed by atoms with Gasteiger partial charge in [0.2, 0.25) is 0 Å². The summed E-state index contributed by atoms with van der Waals surface area (Å²) >= 11 is 5.97. The van der Waals surface area contributed by atoms with Crippen molar-refractivity contribution in [2.24, 2.45) is 7.05 Å². The maximum absolute atomic E-state index is 12.4. The van der Waals surface area contributed by atoms with E-state index in [1.807, 2.05) is 0 Å². The quantitative estimate of drug-likeness (QED) is 0.718. The zero-order chi connectivity index (χ0) is 17.2. The lowest BCUT2D eigenvalue weighted by Gasteiger charge is -2.13. The molecule has 0 saturated carbocycles. The van der Waals surface area contributed by atoms with Crippen molar-refractivity contribution in [3.63, 3.8) is 0 Å². The van der Waals surface area contributed by atoms with Crippen LogP contribution in [0, 0.1) is 0 Å². The summed E-state index contributed by atoms with van der Waals surface area (Å²) in [5, 5.41) is 10.6. The van der Waals surface area contributed by atoms with E-state index in [1.165, 1.54) is 37.0 Å². The fraction of sp³-hybridized carbons (Fsp3) is 0.333. The van der Waals surface area contributed by atoms with E-state index in [2.05, 4.69) is 15.5 Å². The summed E-state index contributed by atoms with van der Waals surface area (Å²) in [4.78, 5) is 12.5. The number of hydrogen-bond acceptors (Lipinski definition) is 7. The van der Waals surface area contributed by atoms with Gasteiger partial charge >= 0.3 is 0 Å². The first-order valence-electron chi connectivity index (χ1n) is 6.30. The number of methoxy groups -OCH3 is 1. The predicted molar refractivity (Wildman–Crippen MR) is 81.7 cm³/mol. The third kappa shape index (κ3) is 3.66. The number of tetrazole rings is 1. The number of hydrogen-bond donors (Lipinski definition) is 0. The normalized spacial score (nSPS) is 11.5. The second-order valence-electron chi connectivity index (χ2n) is 4.72. The number of sulfone groups is 1. The minimum absolute atomic E-state index is 0.0390. The Bertz CT molecular complexity index is 836. The molecule has 1 heterocycles. The zero-order valence-corrected chi connectivity index (χ0v) is 14.2. The molecule has 0 unspecified atom stereocenters. The van der Waals surface area contributed by atoms with Crippen LogP contribution in [0.2, 0.25) is 0 Å². The number of aromatic nitrogens is 4. The monoisotopic (exact) mass is 359 g/mol. The minimum Gasteiger partial charge on any atom is -0.380 e. The van der Waals surface area contributed by atoms with E-state index in [1.54, 1.807) is 0 Å². The van der Waals surface area contributed by atoms with E-state index in [4.69, 9.17) is 16.5 Å². The van der Waals surface area contributed by atoms with Gasteiger partial charge in [0.25, 0.3) is 11.9 Å². The molecule has 0 radical (unpaired) electrons. The molecule has 1 aromatic heterocycles. The Morgan fingerprint density at radius 2 is 2.13 bits per heavy atom. The van der Waals surface area contributed by atoms with Crippen molar-refractivity contribution in [3.8, 4) is 0 Å². The number of rotatable bonds is 5. The summed E-state index contributed by atoms with van der Waals surface area (Å²) < 4.78 is 30.5. The smallest absolute Gasteiger partial charge is 0.275 e. The first kappa shape index (κ1) is 17.3. The van der Waals surface area contributed by atoms with Gasteiger partial charge in [0.05, 0.1) is 11.5 Å². The van der Waals surface area contributed by atoms with Crippen LogP contribution in [0.5, 0.6) is 0 Å². The molecule has 0 N–H and O–H groups in total. The number of nitrogens with zero attached hydrogens (tertiary/aromatic N) is 5. The lowest BCUT2D eigenvalue weighted by atomic mass is 10.1. The molecule has 0 atom stereocenters. The third-order valence-electron chi connectivity index (χ3n) is 2.96. The van der Waals surface area contributed by atoms with Crippen molar-refractivity contribution in [2.75, 3.05) is 17.8 Å². The molecule has 0 aliphatic heterocycles. The van der Waals surface area contributed by atoms with E-state index in [-0.39, 0.29) is 23.0 Å². The van der Waals surface area contributed by atoms with Gasteiger partial charge in [-0.05, 0) is 34.2 Å². The SMILES string of the molecule is COCc1cc(C(=O)N(Cl)c2nnnn2C)ccc1S(C)(=O)=O. The van der Waals surface area contributed by atoms with Crippen LogP contribution in [-0.2, 0) is 28.2 Å². The van der Waals surface area contributed by atoms with Gasteiger partial charge in [-0.3, -0.25) is 4.79 Å². The predicted octanol–water partition coefficient (Wildman–Crippen LogP) is 0.561. The first-order chi connectivity index (χ1) is 10.8. The summed E-state index contributed by atoms with van der Waals surface area (Å²) in [6.07, 6.45) is 1.09. The minimum atomic E-state index is -3.44. The van der Waals surface area contributed by atoms with Crippen molar-refractivity contribution >= 4 is 33.5 Å². The van der Waals surface area contributed by atoms with Crippen LogP contribution in [0.15, 0.2) is 23.1 Å². The third-order valence-corrected chi connectivity index (χ3v) is 4.46. The maximum Gasteiger partial charge on any atom is 0.275 e. The molecular weight excluding hydrogens is 346 g/mol. The molecule has 9 nitrogen and oxygen atoms in total. The number of amides is 1. The summed E-state index contributed by atoms with van der Waals surface area (Å²) in [5.74, 6) is -0.556. The lowest BCUT2D eigenvalue weighted by molar-refractivity contribution is 0.100. The van der Waals surface area contributed by atoms with Gasteiger partial charge in [0.15, 0.2) is 9.84 Å². The van der Waals surface area contributed by atoms with Crippen LogP contribution in [0.4, 0.5) is 5.95 Å². The molecular formula is C12H14ClN5O4S. The zero-order valence-electron chi connectivity index (χ0n) is 12.6. The molecule has 0 fully saturated rings. The van der Waals surface area contributed by atoms with Gasteiger partial charge < -0.3 is 4.74 Å². The Kier molecular flexibility index (Phi) is 4.97. The Morgan fingerprint density at radius 1 is 1.43 bits per heavy atom. The van der Waals surface area contributed by atoms with Gasteiger partial charge in [0, 0.05) is 37.8 Å². The molecule has 0 saturated heterocycles. The topological polar surface area (TPSA) is 107 Å². The molecule has 124 valence electrons. The first-order valence-corrected chi connectivity index (χ1v) is 8.53. The van der Waals surface area contributed by atoms with Gasteiger partial charge in [-0.2, -0.15) is 4.42 Å². The van der Waals surface area contributed by atoms with Crippen LogP contribution in [0.1, 0.15) is 15.9 Å². The molecule has 2 aromatic rings. The fourth-order valence-electron chi connectivity index (χ4n) is 1.94. The van der Waals surface area contributed by atoms with Crippen molar-refractivity contribution in [3.05, 3.63) is 29.3 Å². The van der Waals surface area contributed by atoms with Gasteiger partial charge in [-0.15, -0.1) is 0 Å². The molecule has 0 aliphatic rings. The number of aryl methyl sites for hydroxylation is 1. The maximum atomic E-state index is 12.4. The number of benzene rings is 1. The summed E-state index contributed by atoms with van der Waals surface area (Å²) in [7, 11) is -0.484. The molecule has 0 aliphatic carbocycles. The average molecular weight is 360 g/mol. The van der Waals surface area contributed by atoms with E-state index in [9.17, 15) is 13.2 Å². The summed E-state index contributed by atoms with van der Waals surface area (Å²) in [6.45, 7) is 0.0390. The fourth-order valence-corrected chi connectivity index (χ4v) is 3.09. The van der Waals surface area contributed by atoms with Gasteiger partial charge in [-0.25, -0.2) is 13.1 Å². The number of ether oxygens (including phenoxy) is 1. The Labute approximate surface area is 137 Å². The van der Waals surface area contributed by atoms with Gasteiger partial charge in [-0.1, -0.05) is 5.10 Å². The molecule has 1 aromatic carbocycles. The number of carbonyl (C=O) groups is 1. The molecule has 2 rings (SSSR count). The summed E-state index contributed by atoms with van der Waals surface area (Å²) in [6, 6.07) is 4.13. The highest BCUT2D eigenvalue weighted by molar-refractivity contribution is 7.90. The molecule has 0 spiro atoms. The van der Waals surface area contributed by atoms with Crippen LogP contribution in [0.3, 0.4) is 0 Å². The standard InChI is InChI=1S/C12H14ClN5O4S/c1-17-12(14-15-16-17)18(13)11(19)8-4-5-10(23(3,20)21)9(6-8)7-22-2/h4-6H,7H2,1-3H3.